The smallest absolute Gasteiger partial charge is 0.317 e. The van der Waals surface area contributed by atoms with E-state index < -0.39 is 0 Å². The van der Waals surface area contributed by atoms with Crippen LogP contribution in [0.3, 0.4) is 0 Å². The number of amides is 4. The molecule has 2 N–H and O–H groups in total. The molecule has 4 rings (SSSR count). The van der Waals surface area contributed by atoms with E-state index in [0.29, 0.717) is 44.0 Å². The molecule has 36 heavy (non-hydrogen) atoms. The summed E-state index contributed by atoms with van der Waals surface area (Å²) in [7, 11) is 1.80. The number of urea groups is 1. The average Bonchev–Trinajstić information content (AvgIpc) is 2.82. The normalized spacial score (nSPS) is 15.9. The molecule has 2 aliphatic rings. The molecule has 0 unspecified atom stereocenters. The maximum atomic E-state index is 13.7. The van der Waals surface area contributed by atoms with Crippen LogP contribution in [0, 0.1) is 5.92 Å². The van der Waals surface area contributed by atoms with Gasteiger partial charge in [-0.25, -0.2) is 4.79 Å². The Morgan fingerprint density at radius 2 is 1.69 bits per heavy atom. The Balaban J connectivity index is 1.53. The summed E-state index contributed by atoms with van der Waals surface area (Å²) in [5, 5.41) is 5.96. The van der Waals surface area contributed by atoms with Crippen molar-refractivity contribution >= 4 is 29.2 Å². The summed E-state index contributed by atoms with van der Waals surface area (Å²) in [6.45, 7) is 6.79. The SMILES string of the molecule is CC(C)NC(=O)N1CCN(c2ccc(NC(=O)C3CCC3)cc2C(=O)N(C)Cc2ccccc2)CC1. The van der Waals surface area contributed by atoms with Gasteiger partial charge in [-0.2, -0.15) is 0 Å². The highest BCUT2D eigenvalue weighted by atomic mass is 16.2. The van der Waals surface area contributed by atoms with Crippen molar-refractivity contribution in [3.05, 3.63) is 59.7 Å². The van der Waals surface area contributed by atoms with Crippen LogP contribution in [-0.2, 0) is 11.3 Å². The number of hydrogen-bond donors (Lipinski definition) is 2. The van der Waals surface area contributed by atoms with Gasteiger partial charge in [0.15, 0.2) is 0 Å². The molecule has 0 aromatic heterocycles. The van der Waals surface area contributed by atoms with Crippen molar-refractivity contribution in [2.24, 2.45) is 5.92 Å². The van der Waals surface area contributed by atoms with Crippen LogP contribution in [0.2, 0.25) is 0 Å². The first-order valence-electron chi connectivity index (χ1n) is 12.9. The quantitative estimate of drug-likeness (QED) is 0.615. The highest BCUT2D eigenvalue weighted by Crippen LogP contribution is 2.30. The first-order chi connectivity index (χ1) is 17.3. The van der Waals surface area contributed by atoms with Crippen LogP contribution >= 0.6 is 0 Å². The molecule has 2 aromatic rings. The lowest BCUT2D eigenvalue weighted by Crippen LogP contribution is -2.53. The molecular weight excluding hydrogens is 454 g/mol. The molecule has 2 aromatic carbocycles. The van der Waals surface area contributed by atoms with Gasteiger partial charge in [-0.15, -0.1) is 0 Å². The van der Waals surface area contributed by atoms with E-state index in [9.17, 15) is 14.4 Å². The summed E-state index contributed by atoms with van der Waals surface area (Å²) in [5.41, 5.74) is 3.07. The summed E-state index contributed by atoms with van der Waals surface area (Å²) < 4.78 is 0. The van der Waals surface area contributed by atoms with Gasteiger partial charge >= 0.3 is 6.03 Å². The lowest BCUT2D eigenvalue weighted by molar-refractivity contribution is -0.122. The summed E-state index contributed by atoms with van der Waals surface area (Å²) in [6, 6.07) is 15.5. The Hall–Kier alpha value is -3.55. The summed E-state index contributed by atoms with van der Waals surface area (Å²) in [5.74, 6) is -0.0157. The lowest BCUT2D eigenvalue weighted by atomic mass is 9.85. The molecule has 1 aliphatic carbocycles. The summed E-state index contributed by atoms with van der Waals surface area (Å²) >= 11 is 0. The molecule has 4 amide bonds. The van der Waals surface area contributed by atoms with Crippen molar-refractivity contribution in [2.75, 3.05) is 43.4 Å². The standard InChI is InChI=1S/C28H37N5O3/c1-20(2)29-28(36)33-16-14-32(15-17-33)25-13-12-23(30-26(34)22-10-7-11-22)18-24(25)27(35)31(3)19-21-8-5-4-6-9-21/h4-6,8-9,12-13,18,20,22H,7,10-11,14-17,19H2,1-3H3,(H,29,36)(H,30,34). The first kappa shape index (κ1) is 25.5. The Bertz CT molecular complexity index is 1080. The third-order valence-electron chi connectivity index (χ3n) is 6.90. The van der Waals surface area contributed by atoms with E-state index in [1.54, 1.807) is 18.0 Å². The Morgan fingerprint density at radius 3 is 2.31 bits per heavy atom. The zero-order valence-corrected chi connectivity index (χ0v) is 21.5. The number of nitrogens with zero attached hydrogens (tertiary/aromatic N) is 3. The second-order valence-electron chi connectivity index (χ2n) is 10.1. The molecule has 0 radical (unpaired) electrons. The predicted octanol–water partition coefficient (Wildman–Crippen LogP) is 3.94. The zero-order valence-electron chi connectivity index (χ0n) is 21.5. The fourth-order valence-electron chi connectivity index (χ4n) is 4.60. The monoisotopic (exact) mass is 491 g/mol. The van der Waals surface area contributed by atoms with Crippen molar-refractivity contribution in [2.45, 2.75) is 45.7 Å². The maximum absolute atomic E-state index is 13.7. The van der Waals surface area contributed by atoms with Gasteiger partial charge < -0.3 is 25.3 Å². The van der Waals surface area contributed by atoms with Crippen LogP contribution in [-0.4, -0.2) is 66.9 Å². The van der Waals surface area contributed by atoms with Gasteiger partial charge in [0.1, 0.15) is 0 Å². The van der Waals surface area contributed by atoms with Crippen LogP contribution in [0.1, 0.15) is 49.0 Å². The van der Waals surface area contributed by atoms with E-state index in [-0.39, 0.29) is 29.8 Å². The van der Waals surface area contributed by atoms with E-state index in [2.05, 4.69) is 15.5 Å². The van der Waals surface area contributed by atoms with Crippen molar-refractivity contribution in [1.29, 1.82) is 0 Å². The number of carbonyl (C=O) groups excluding carboxylic acids is 3. The third-order valence-corrected chi connectivity index (χ3v) is 6.90. The van der Waals surface area contributed by atoms with E-state index in [1.807, 2.05) is 61.2 Å². The largest absolute Gasteiger partial charge is 0.367 e. The average molecular weight is 492 g/mol. The van der Waals surface area contributed by atoms with Crippen LogP contribution in [0.5, 0.6) is 0 Å². The predicted molar refractivity (Wildman–Crippen MR) is 142 cm³/mol. The van der Waals surface area contributed by atoms with Gasteiger partial charge in [-0.05, 0) is 50.5 Å². The molecule has 192 valence electrons. The number of carbonyl (C=O) groups is 3. The molecule has 1 saturated heterocycles. The van der Waals surface area contributed by atoms with Crippen LogP contribution < -0.4 is 15.5 Å². The molecule has 8 heteroatoms. The fourth-order valence-corrected chi connectivity index (χ4v) is 4.60. The minimum absolute atomic E-state index is 0.0230. The maximum Gasteiger partial charge on any atom is 0.317 e. The van der Waals surface area contributed by atoms with E-state index in [4.69, 9.17) is 0 Å². The van der Waals surface area contributed by atoms with Gasteiger partial charge in [-0.3, -0.25) is 9.59 Å². The first-order valence-corrected chi connectivity index (χ1v) is 12.9. The second kappa shape index (κ2) is 11.5. The fraction of sp³-hybridized carbons (Fsp3) is 0.464. The van der Waals surface area contributed by atoms with Crippen LogP contribution in [0.15, 0.2) is 48.5 Å². The highest BCUT2D eigenvalue weighted by molar-refractivity contribution is 6.02. The Labute approximate surface area is 213 Å². The van der Waals surface area contributed by atoms with Crippen molar-refractivity contribution in [1.82, 2.24) is 15.1 Å². The van der Waals surface area contributed by atoms with E-state index >= 15 is 0 Å². The molecule has 0 atom stereocenters. The van der Waals surface area contributed by atoms with Crippen LogP contribution in [0.25, 0.3) is 0 Å². The lowest BCUT2D eigenvalue weighted by Gasteiger charge is -2.37. The van der Waals surface area contributed by atoms with Gasteiger partial charge in [0.05, 0.1) is 5.56 Å². The number of nitrogens with one attached hydrogen (secondary N) is 2. The van der Waals surface area contributed by atoms with Crippen molar-refractivity contribution in [3.63, 3.8) is 0 Å². The molecule has 0 spiro atoms. The second-order valence-corrected chi connectivity index (χ2v) is 10.1. The van der Waals surface area contributed by atoms with E-state index in [0.717, 1.165) is 30.5 Å². The number of rotatable bonds is 7. The van der Waals surface area contributed by atoms with Crippen molar-refractivity contribution < 1.29 is 14.4 Å². The third kappa shape index (κ3) is 6.17. The number of benzene rings is 2. The molecular formula is C28H37N5O3. The Morgan fingerprint density at radius 1 is 1.00 bits per heavy atom. The Kier molecular flexibility index (Phi) is 8.13. The highest BCUT2D eigenvalue weighted by Gasteiger charge is 2.28. The minimum Gasteiger partial charge on any atom is -0.367 e. The van der Waals surface area contributed by atoms with Gasteiger partial charge in [0.2, 0.25) is 5.91 Å². The van der Waals surface area contributed by atoms with Gasteiger partial charge in [0.25, 0.3) is 5.91 Å². The molecule has 1 aliphatic heterocycles. The summed E-state index contributed by atoms with van der Waals surface area (Å²) in [4.78, 5) is 44.3. The topological polar surface area (TPSA) is 85.0 Å². The molecule has 8 nitrogen and oxygen atoms in total. The number of anilines is 2. The van der Waals surface area contributed by atoms with Gasteiger partial charge in [-0.1, -0.05) is 36.8 Å². The van der Waals surface area contributed by atoms with Gasteiger partial charge in [0, 0.05) is 63.1 Å². The molecule has 1 saturated carbocycles. The minimum atomic E-state index is -0.103. The van der Waals surface area contributed by atoms with Crippen molar-refractivity contribution in [3.8, 4) is 0 Å². The summed E-state index contributed by atoms with van der Waals surface area (Å²) in [6.07, 6.45) is 2.93. The number of piperazine rings is 1. The molecule has 0 bridgehead atoms. The molecule has 1 heterocycles. The molecule has 2 fully saturated rings. The number of hydrogen-bond acceptors (Lipinski definition) is 4. The van der Waals surface area contributed by atoms with Crippen LogP contribution in [0.4, 0.5) is 16.2 Å². The zero-order chi connectivity index (χ0) is 25.7. The van der Waals surface area contributed by atoms with E-state index in [1.165, 1.54) is 0 Å².